The minimum Gasteiger partial charge on any atom is -0.463 e. The van der Waals surface area contributed by atoms with Crippen LogP contribution in [0.5, 0.6) is 0 Å². The number of para-hydroxylation sites is 1. The van der Waals surface area contributed by atoms with Crippen LogP contribution in [0.3, 0.4) is 0 Å². The van der Waals surface area contributed by atoms with Gasteiger partial charge in [0.1, 0.15) is 6.61 Å². The van der Waals surface area contributed by atoms with Gasteiger partial charge in [0.05, 0.1) is 17.5 Å². The summed E-state index contributed by atoms with van der Waals surface area (Å²) in [6.45, 7) is 10.6. The first kappa shape index (κ1) is 23.8. The predicted octanol–water partition coefficient (Wildman–Crippen LogP) is 2.54. The van der Waals surface area contributed by atoms with Crippen molar-refractivity contribution in [2.75, 3.05) is 31.1 Å². The van der Waals surface area contributed by atoms with E-state index in [1.807, 2.05) is 62.9 Å². The number of nitrogens with zero attached hydrogens (tertiary/aromatic N) is 6. The highest BCUT2D eigenvalue weighted by molar-refractivity contribution is 5.94. The van der Waals surface area contributed by atoms with Gasteiger partial charge in [-0.3, -0.25) is 9.59 Å². The van der Waals surface area contributed by atoms with Crippen molar-refractivity contribution in [2.45, 2.75) is 59.0 Å². The molecule has 1 fully saturated rings. The molecule has 1 aromatic carbocycles. The van der Waals surface area contributed by atoms with Crippen molar-refractivity contribution in [3.63, 3.8) is 0 Å². The molecule has 0 unspecified atom stereocenters. The molecule has 9 heteroatoms. The number of ether oxygens (including phenoxy) is 1. The number of benzene rings is 1. The fourth-order valence-corrected chi connectivity index (χ4v) is 3.98. The monoisotopic (exact) mass is 442 g/mol. The van der Waals surface area contributed by atoms with Gasteiger partial charge in [-0.1, -0.05) is 25.1 Å². The van der Waals surface area contributed by atoms with Crippen LogP contribution in [-0.4, -0.2) is 68.8 Å². The number of aromatic nitrogens is 4. The van der Waals surface area contributed by atoms with Crippen molar-refractivity contribution >= 4 is 17.6 Å². The third-order valence-corrected chi connectivity index (χ3v) is 5.92. The maximum atomic E-state index is 13.2. The Morgan fingerprint density at radius 2 is 1.81 bits per heavy atom. The molecule has 0 radical (unpaired) electrons. The van der Waals surface area contributed by atoms with E-state index in [2.05, 4.69) is 20.3 Å². The van der Waals surface area contributed by atoms with Gasteiger partial charge in [0, 0.05) is 31.7 Å². The summed E-state index contributed by atoms with van der Waals surface area (Å²) >= 11 is 0. The molecule has 9 nitrogen and oxygen atoms in total. The molecule has 0 bridgehead atoms. The molecule has 0 atom stereocenters. The van der Waals surface area contributed by atoms with Crippen LogP contribution < -0.4 is 4.90 Å². The predicted molar refractivity (Wildman–Crippen MR) is 121 cm³/mol. The summed E-state index contributed by atoms with van der Waals surface area (Å²) in [7, 11) is 0. The Kier molecular flexibility index (Phi) is 7.60. The van der Waals surface area contributed by atoms with Gasteiger partial charge in [-0.2, -0.15) is 4.80 Å². The van der Waals surface area contributed by atoms with E-state index in [-0.39, 0.29) is 18.5 Å². The van der Waals surface area contributed by atoms with Crippen LogP contribution in [0.1, 0.15) is 47.0 Å². The Morgan fingerprint density at radius 3 is 2.38 bits per heavy atom. The van der Waals surface area contributed by atoms with Crippen molar-refractivity contribution in [1.29, 1.82) is 0 Å². The molecule has 1 aliphatic rings. The summed E-state index contributed by atoms with van der Waals surface area (Å²) in [6, 6.07) is 9.69. The summed E-state index contributed by atoms with van der Waals surface area (Å²) in [4.78, 5) is 31.5. The third-order valence-electron chi connectivity index (χ3n) is 5.92. The number of anilines is 1. The molecule has 3 rings (SSSR count). The maximum absolute atomic E-state index is 13.2. The lowest BCUT2D eigenvalue weighted by atomic mass is 9.85. The molecule has 174 valence electrons. The van der Waals surface area contributed by atoms with Crippen LogP contribution in [0.15, 0.2) is 36.7 Å². The van der Waals surface area contributed by atoms with Gasteiger partial charge in [-0.05, 0) is 51.0 Å². The minimum absolute atomic E-state index is 0.0308. The third kappa shape index (κ3) is 5.70. The second kappa shape index (κ2) is 10.2. The number of carbonyl (C=O) groups excluding carboxylic acids is 2. The van der Waals surface area contributed by atoms with Gasteiger partial charge in [-0.15, -0.1) is 10.2 Å². The van der Waals surface area contributed by atoms with E-state index in [9.17, 15) is 9.59 Å². The van der Waals surface area contributed by atoms with Gasteiger partial charge in [0.25, 0.3) is 0 Å². The van der Waals surface area contributed by atoms with Gasteiger partial charge in [0.15, 0.2) is 6.33 Å². The number of carbonyl (C=O) groups is 2. The molecule has 0 spiro atoms. The molecule has 1 aromatic heterocycles. The summed E-state index contributed by atoms with van der Waals surface area (Å²) in [5.74, 6) is -0.225. The van der Waals surface area contributed by atoms with Crippen LogP contribution in [-0.2, 0) is 20.9 Å². The lowest BCUT2D eigenvalue weighted by molar-refractivity contribution is -0.156. The number of amides is 1. The van der Waals surface area contributed by atoms with Crippen LogP contribution in [0.2, 0.25) is 0 Å². The maximum Gasteiger partial charge on any atom is 0.311 e. The fourth-order valence-electron chi connectivity index (χ4n) is 3.98. The second-order valence-corrected chi connectivity index (χ2v) is 9.34. The Morgan fingerprint density at radius 1 is 1.12 bits per heavy atom. The van der Waals surface area contributed by atoms with Crippen LogP contribution >= 0.6 is 0 Å². The molecule has 1 amide bonds. The van der Waals surface area contributed by atoms with E-state index >= 15 is 0 Å². The topological polar surface area (TPSA) is 93.5 Å². The zero-order chi connectivity index (χ0) is 23.2. The number of piperidine rings is 1. The Balaban J connectivity index is 1.81. The number of tetrazole rings is 1. The molecule has 0 N–H and O–H groups in total. The first-order chi connectivity index (χ1) is 15.2. The molecule has 0 saturated carbocycles. The summed E-state index contributed by atoms with van der Waals surface area (Å²) in [5, 5.41) is 11.7. The highest BCUT2D eigenvalue weighted by Gasteiger charge is 2.44. The molecule has 2 aromatic rings. The number of hydrogen-bond acceptors (Lipinski definition) is 7. The highest BCUT2D eigenvalue weighted by atomic mass is 16.5. The van der Waals surface area contributed by atoms with Crippen LogP contribution in [0.25, 0.3) is 0 Å². The minimum atomic E-state index is -0.598. The van der Waals surface area contributed by atoms with Crippen LogP contribution in [0, 0.1) is 5.41 Å². The van der Waals surface area contributed by atoms with Crippen molar-refractivity contribution in [1.82, 2.24) is 25.1 Å². The van der Waals surface area contributed by atoms with Crippen LogP contribution in [0.4, 0.5) is 5.69 Å². The van der Waals surface area contributed by atoms with E-state index in [0.29, 0.717) is 25.8 Å². The number of esters is 1. The molecular formula is C23H34N6O3. The molecular weight excluding hydrogens is 408 g/mol. The van der Waals surface area contributed by atoms with E-state index in [1.54, 1.807) is 4.80 Å². The van der Waals surface area contributed by atoms with Crippen molar-refractivity contribution in [2.24, 2.45) is 5.41 Å². The first-order valence-electron chi connectivity index (χ1n) is 11.2. The lowest BCUT2D eigenvalue weighted by Gasteiger charge is -2.48. The quantitative estimate of drug-likeness (QED) is 0.580. The van der Waals surface area contributed by atoms with E-state index in [4.69, 9.17) is 4.74 Å². The van der Waals surface area contributed by atoms with Crippen molar-refractivity contribution in [3.8, 4) is 0 Å². The van der Waals surface area contributed by atoms with Crippen molar-refractivity contribution < 1.29 is 14.3 Å². The van der Waals surface area contributed by atoms with E-state index in [0.717, 1.165) is 25.3 Å². The van der Waals surface area contributed by atoms with Gasteiger partial charge in [-0.25, -0.2) is 0 Å². The molecule has 1 saturated heterocycles. The Hall–Kier alpha value is -2.81. The second-order valence-electron chi connectivity index (χ2n) is 9.34. The van der Waals surface area contributed by atoms with Gasteiger partial charge in [0.2, 0.25) is 5.91 Å². The molecule has 2 heterocycles. The molecule has 32 heavy (non-hydrogen) atoms. The summed E-state index contributed by atoms with van der Waals surface area (Å²) < 4.78 is 5.82. The SMILES string of the molecule is CCC(=O)N(c1ccccc1)C1(COC(=O)C(C)(C)C)CCN(CCn2ncnn2)CC1. The fraction of sp³-hybridized carbons (Fsp3) is 0.609. The first-order valence-corrected chi connectivity index (χ1v) is 11.2. The molecule has 0 aliphatic carbocycles. The Bertz CT molecular complexity index is 871. The normalized spacial score (nSPS) is 16.5. The largest absolute Gasteiger partial charge is 0.463 e. The van der Waals surface area contributed by atoms with E-state index < -0.39 is 11.0 Å². The number of hydrogen-bond donors (Lipinski definition) is 0. The average Bonchev–Trinajstić information content (AvgIpc) is 3.31. The zero-order valence-corrected chi connectivity index (χ0v) is 19.5. The average molecular weight is 443 g/mol. The summed E-state index contributed by atoms with van der Waals surface area (Å²) in [5.41, 5.74) is -0.345. The van der Waals surface area contributed by atoms with Crippen molar-refractivity contribution in [3.05, 3.63) is 36.7 Å². The summed E-state index contributed by atoms with van der Waals surface area (Å²) in [6.07, 6.45) is 3.22. The Labute approximate surface area is 189 Å². The zero-order valence-electron chi connectivity index (χ0n) is 19.5. The standard InChI is InChI=1S/C23H34N6O3/c1-5-20(30)29(19-9-7-6-8-10-19)23(17-32-21(31)22(2,3)4)11-13-27(14-12-23)15-16-28-25-18-24-26-28/h6-10,18H,5,11-17H2,1-4H3. The van der Waals surface area contributed by atoms with Gasteiger partial charge < -0.3 is 14.5 Å². The van der Waals surface area contributed by atoms with E-state index in [1.165, 1.54) is 6.33 Å². The highest BCUT2D eigenvalue weighted by Crippen LogP contribution is 2.35. The molecule has 1 aliphatic heterocycles. The smallest absolute Gasteiger partial charge is 0.311 e. The number of likely N-dealkylation sites (tertiary alicyclic amines) is 1. The number of rotatable bonds is 8. The lowest BCUT2D eigenvalue weighted by Crippen LogP contribution is -2.61. The van der Waals surface area contributed by atoms with Gasteiger partial charge >= 0.3 is 5.97 Å².